The van der Waals surface area contributed by atoms with Crippen molar-refractivity contribution in [1.29, 1.82) is 0 Å². The summed E-state index contributed by atoms with van der Waals surface area (Å²) in [5.74, 6) is 0.907. The summed E-state index contributed by atoms with van der Waals surface area (Å²) in [6, 6.07) is 8.78. The van der Waals surface area contributed by atoms with E-state index in [1.807, 2.05) is 12.1 Å². The lowest BCUT2D eigenvalue weighted by molar-refractivity contribution is 0.203. The lowest BCUT2D eigenvalue weighted by Crippen LogP contribution is -2.33. The molecule has 1 aliphatic rings. The summed E-state index contributed by atoms with van der Waals surface area (Å²) in [4.78, 5) is 3.02. The zero-order valence-electron chi connectivity index (χ0n) is 11.2. The lowest BCUT2D eigenvalue weighted by atomic mass is 10.1. The molecule has 0 aromatic heterocycles. The van der Waals surface area contributed by atoms with Gasteiger partial charge >= 0.3 is 0 Å². The Kier molecular flexibility index (Phi) is 4.36. The van der Waals surface area contributed by atoms with Crippen LogP contribution in [0.15, 0.2) is 24.3 Å². The average molecular weight is 262 g/mol. The molecule has 0 aliphatic heterocycles. The van der Waals surface area contributed by atoms with Crippen molar-refractivity contribution in [3.05, 3.63) is 35.4 Å². The molecular weight excluding hydrogens is 240 g/mol. The molecule has 0 saturated heterocycles. The van der Waals surface area contributed by atoms with E-state index in [0.29, 0.717) is 11.0 Å². The normalized spacial score (nSPS) is 15.3. The minimum absolute atomic E-state index is 0.501. The molecule has 2 nitrogen and oxygen atoms in total. The third-order valence-electron chi connectivity index (χ3n) is 3.58. The van der Waals surface area contributed by atoms with E-state index >= 15 is 0 Å². The Balaban J connectivity index is 2.12. The van der Waals surface area contributed by atoms with E-state index in [2.05, 4.69) is 30.9 Å². The largest absolute Gasteiger partial charge is 0.389 e. The van der Waals surface area contributed by atoms with Crippen molar-refractivity contribution in [1.82, 2.24) is 4.90 Å². The molecule has 0 atom stereocenters. The van der Waals surface area contributed by atoms with Crippen molar-refractivity contribution in [2.24, 2.45) is 11.7 Å². The Morgan fingerprint density at radius 2 is 2.06 bits per heavy atom. The van der Waals surface area contributed by atoms with Crippen LogP contribution in [0.5, 0.6) is 0 Å². The number of thiocarbonyl (C=S) groups is 1. The molecule has 1 fully saturated rings. The topological polar surface area (TPSA) is 29.3 Å². The van der Waals surface area contributed by atoms with Gasteiger partial charge in [0.05, 0.1) is 0 Å². The first-order valence-corrected chi connectivity index (χ1v) is 7.10. The van der Waals surface area contributed by atoms with Gasteiger partial charge in [-0.3, -0.25) is 4.90 Å². The van der Waals surface area contributed by atoms with Crippen LogP contribution in [0, 0.1) is 5.92 Å². The van der Waals surface area contributed by atoms with Crippen LogP contribution in [0.25, 0.3) is 0 Å². The summed E-state index contributed by atoms with van der Waals surface area (Å²) < 4.78 is 0. The second kappa shape index (κ2) is 5.81. The Morgan fingerprint density at radius 1 is 1.39 bits per heavy atom. The highest BCUT2D eigenvalue weighted by molar-refractivity contribution is 7.80. The first-order chi connectivity index (χ1) is 8.58. The Labute approximate surface area is 115 Å². The van der Waals surface area contributed by atoms with Crippen LogP contribution >= 0.6 is 12.2 Å². The van der Waals surface area contributed by atoms with Crippen LogP contribution in [0.3, 0.4) is 0 Å². The maximum atomic E-state index is 5.79. The van der Waals surface area contributed by atoms with Gasteiger partial charge in [0, 0.05) is 24.7 Å². The molecule has 98 valence electrons. The van der Waals surface area contributed by atoms with Gasteiger partial charge in [0.2, 0.25) is 0 Å². The van der Waals surface area contributed by atoms with Crippen molar-refractivity contribution in [2.45, 2.75) is 39.3 Å². The van der Waals surface area contributed by atoms with Crippen molar-refractivity contribution < 1.29 is 0 Å². The van der Waals surface area contributed by atoms with Gasteiger partial charge < -0.3 is 5.73 Å². The van der Waals surface area contributed by atoms with Gasteiger partial charge in [-0.15, -0.1) is 0 Å². The van der Waals surface area contributed by atoms with Gasteiger partial charge in [-0.1, -0.05) is 36.5 Å². The van der Waals surface area contributed by atoms with E-state index in [1.165, 1.54) is 24.9 Å². The first kappa shape index (κ1) is 13.5. The van der Waals surface area contributed by atoms with Crippen LogP contribution in [0.4, 0.5) is 0 Å². The molecule has 2 rings (SSSR count). The lowest BCUT2D eigenvalue weighted by Gasteiger charge is -2.27. The Hall–Kier alpha value is -0.930. The highest BCUT2D eigenvalue weighted by atomic mass is 32.1. The fraction of sp³-hybridized carbons (Fsp3) is 0.533. The number of hydrogen-bond acceptors (Lipinski definition) is 2. The van der Waals surface area contributed by atoms with Crippen molar-refractivity contribution in [3.63, 3.8) is 0 Å². The predicted octanol–water partition coefficient (Wildman–Crippen LogP) is 2.94. The Bertz CT molecular complexity index is 424. The van der Waals surface area contributed by atoms with E-state index in [4.69, 9.17) is 18.0 Å². The van der Waals surface area contributed by atoms with E-state index in [-0.39, 0.29) is 0 Å². The zero-order valence-corrected chi connectivity index (χ0v) is 12.0. The molecule has 1 aliphatic carbocycles. The standard InChI is InChI=1S/C15H22N2S/c1-11(2)17(9-12-7-8-12)10-13-5-3-4-6-14(13)15(16)18/h3-6,11-12H,7-10H2,1-2H3,(H2,16,18). The van der Waals surface area contributed by atoms with Crippen LogP contribution < -0.4 is 5.73 Å². The maximum absolute atomic E-state index is 5.79. The van der Waals surface area contributed by atoms with Crippen LogP contribution in [-0.2, 0) is 6.54 Å². The third kappa shape index (κ3) is 3.53. The molecule has 1 aromatic rings. The number of nitrogens with zero attached hydrogens (tertiary/aromatic N) is 1. The summed E-state index contributed by atoms with van der Waals surface area (Å²) in [5, 5.41) is 0. The molecule has 0 radical (unpaired) electrons. The first-order valence-electron chi connectivity index (χ1n) is 6.69. The fourth-order valence-corrected chi connectivity index (χ4v) is 2.41. The van der Waals surface area contributed by atoms with Crippen LogP contribution in [0.2, 0.25) is 0 Å². The van der Waals surface area contributed by atoms with E-state index in [0.717, 1.165) is 18.0 Å². The van der Waals surface area contributed by atoms with Gasteiger partial charge in [0.15, 0.2) is 0 Å². The molecule has 1 saturated carbocycles. The summed E-state index contributed by atoms with van der Waals surface area (Å²) >= 11 is 5.13. The third-order valence-corrected chi connectivity index (χ3v) is 3.80. The molecule has 0 bridgehead atoms. The number of nitrogens with two attached hydrogens (primary N) is 1. The second-order valence-electron chi connectivity index (χ2n) is 5.49. The van der Waals surface area contributed by atoms with Gasteiger partial charge in [0.25, 0.3) is 0 Å². The average Bonchev–Trinajstić information content (AvgIpc) is 3.12. The molecule has 18 heavy (non-hydrogen) atoms. The molecule has 2 N–H and O–H groups in total. The maximum Gasteiger partial charge on any atom is 0.104 e. The number of hydrogen-bond donors (Lipinski definition) is 1. The molecule has 0 heterocycles. The van der Waals surface area contributed by atoms with Crippen molar-refractivity contribution in [3.8, 4) is 0 Å². The quantitative estimate of drug-likeness (QED) is 0.799. The van der Waals surface area contributed by atoms with Crippen molar-refractivity contribution in [2.75, 3.05) is 6.54 Å². The van der Waals surface area contributed by atoms with Gasteiger partial charge in [-0.05, 0) is 38.2 Å². The zero-order chi connectivity index (χ0) is 13.1. The molecule has 0 amide bonds. The number of rotatable bonds is 6. The minimum Gasteiger partial charge on any atom is -0.389 e. The van der Waals surface area contributed by atoms with Gasteiger partial charge in [-0.25, -0.2) is 0 Å². The summed E-state index contributed by atoms with van der Waals surface area (Å²) in [5.41, 5.74) is 8.06. The highest BCUT2D eigenvalue weighted by Crippen LogP contribution is 2.31. The van der Waals surface area contributed by atoms with Crippen LogP contribution in [0.1, 0.15) is 37.8 Å². The monoisotopic (exact) mass is 262 g/mol. The highest BCUT2D eigenvalue weighted by Gasteiger charge is 2.25. The van der Waals surface area contributed by atoms with Crippen LogP contribution in [-0.4, -0.2) is 22.5 Å². The fourth-order valence-electron chi connectivity index (χ4n) is 2.21. The van der Waals surface area contributed by atoms with Gasteiger partial charge in [-0.2, -0.15) is 0 Å². The Morgan fingerprint density at radius 3 is 2.61 bits per heavy atom. The molecule has 1 aromatic carbocycles. The number of benzene rings is 1. The van der Waals surface area contributed by atoms with Gasteiger partial charge in [0.1, 0.15) is 4.99 Å². The summed E-state index contributed by atoms with van der Waals surface area (Å²) in [7, 11) is 0. The molecule has 0 spiro atoms. The molecular formula is C15H22N2S. The second-order valence-corrected chi connectivity index (χ2v) is 5.93. The van der Waals surface area contributed by atoms with Crippen molar-refractivity contribution >= 4 is 17.2 Å². The van der Waals surface area contributed by atoms with E-state index in [1.54, 1.807) is 0 Å². The van der Waals surface area contributed by atoms with E-state index < -0.39 is 0 Å². The summed E-state index contributed by atoms with van der Waals surface area (Å²) in [6.07, 6.45) is 2.78. The molecule has 0 unspecified atom stereocenters. The summed E-state index contributed by atoms with van der Waals surface area (Å²) in [6.45, 7) is 6.66. The predicted molar refractivity (Wildman–Crippen MR) is 80.6 cm³/mol. The molecule has 3 heteroatoms. The minimum atomic E-state index is 0.501. The smallest absolute Gasteiger partial charge is 0.104 e. The van der Waals surface area contributed by atoms with E-state index in [9.17, 15) is 0 Å². The SMILES string of the molecule is CC(C)N(Cc1ccccc1C(N)=S)CC1CC1.